The fraction of sp³-hybridized carbons (Fsp3) is 0.794. The summed E-state index contributed by atoms with van der Waals surface area (Å²) in [4.78, 5) is 169. The first-order valence-electron chi connectivity index (χ1n) is 31.2. The molecule has 0 bridgehead atoms. The number of amides is 11. The average Bonchev–Trinajstić information content (AvgIpc) is 1.28. The zero-order chi connectivity index (χ0) is 67.4. The van der Waals surface area contributed by atoms with Crippen molar-refractivity contribution >= 4 is 65.0 Å². The van der Waals surface area contributed by atoms with Crippen LogP contribution in [0, 0.1) is 41.4 Å². The third kappa shape index (κ3) is 22.7. The van der Waals surface area contributed by atoms with Crippen LogP contribution < -0.4 is 21.3 Å². The average molecular weight is 1230 g/mol. The van der Waals surface area contributed by atoms with Crippen molar-refractivity contribution in [1.82, 2.24) is 55.6 Å². The summed E-state index contributed by atoms with van der Waals surface area (Å²) in [5.74, 6) is -10.2. The van der Waals surface area contributed by atoms with Crippen LogP contribution in [0.5, 0.6) is 0 Å². The summed E-state index contributed by atoms with van der Waals surface area (Å²) in [5, 5.41) is 33.1. The second kappa shape index (κ2) is 36.3. The number of aliphatic hydroxyl groups is 2. The van der Waals surface area contributed by atoms with Crippen LogP contribution in [-0.4, -0.2) is 238 Å². The minimum absolute atomic E-state index is 0.0132. The van der Waals surface area contributed by atoms with Gasteiger partial charge in [-0.15, -0.1) is 0 Å². The smallest absolute Gasteiger partial charge is 0.246 e. The number of carbonyl (C=O) groups excluding carboxylic acids is 11. The molecule has 24 nitrogen and oxygen atoms in total. The van der Waals surface area contributed by atoms with Crippen LogP contribution in [0.25, 0.3) is 0 Å². The molecule has 0 aliphatic carbocycles. The molecule has 0 aromatic heterocycles. The van der Waals surface area contributed by atoms with Gasteiger partial charge in [0, 0.05) is 55.9 Å². The number of hydrogen-bond acceptors (Lipinski definition) is 13. The van der Waals surface area contributed by atoms with Crippen LogP contribution in [0.4, 0.5) is 0 Å². The summed E-state index contributed by atoms with van der Waals surface area (Å²) in [6, 6.07) is -12.7. The van der Waals surface area contributed by atoms with Crippen molar-refractivity contribution in [1.29, 1.82) is 0 Å². The molecule has 498 valence electrons. The number of carbonyl (C=O) groups is 11. The summed E-state index contributed by atoms with van der Waals surface area (Å²) < 4.78 is 0. The number of nitrogens with zero attached hydrogens (tertiary/aromatic N) is 7. The van der Waals surface area contributed by atoms with Gasteiger partial charge in [0.15, 0.2) is 0 Å². The molecule has 1 aliphatic heterocycles. The molecular weight excluding hydrogens is 1120 g/mol. The summed E-state index contributed by atoms with van der Waals surface area (Å²) >= 11 is 0. The van der Waals surface area contributed by atoms with E-state index in [1.807, 2.05) is 55.4 Å². The first kappa shape index (κ1) is 78.8. The largest absolute Gasteiger partial charge is 0.396 e. The van der Waals surface area contributed by atoms with Gasteiger partial charge in [-0.25, -0.2) is 0 Å². The van der Waals surface area contributed by atoms with E-state index in [-0.39, 0.29) is 75.2 Å². The Morgan fingerprint density at radius 3 is 1.36 bits per heavy atom. The fourth-order valence-electron chi connectivity index (χ4n) is 10.9. The Morgan fingerprint density at radius 1 is 0.471 bits per heavy atom. The number of rotatable bonds is 17. The lowest BCUT2D eigenvalue weighted by Crippen LogP contribution is -2.63. The number of likely N-dealkylation sites (N-methyl/N-ethyl adjacent to an activating group) is 7. The maximum Gasteiger partial charge on any atom is 0.246 e. The molecule has 24 heteroatoms. The van der Waals surface area contributed by atoms with E-state index in [2.05, 4.69) is 21.3 Å². The quantitative estimate of drug-likeness (QED) is 0.114. The molecule has 0 unspecified atom stereocenters. The molecule has 0 saturated carbocycles. The SMILES string of the molecule is C/C=C/C[C@@H](C)[C@@H](O)[C@@H]1C(=O)N[C@H](CCCO)C(=O)N(C)CC(=O)N(C)[C@H](CC(C)C)C(=O)N[C@H](C(C)C)C(=O)N(C)[C@H](CC(C)C)C(=O)N[C@H](C)C(=O)N[C@@H](C)C(=O)N(C)[C@H](CC(C)C)C(=O)N(C)[C@H](CC(C)C)C(=O)N(C)[C@H](C(C)C)C(=O)N1C. The maximum atomic E-state index is 15.2. The zero-order valence-corrected chi connectivity index (χ0v) is 56.9. The van der Waals surface area contributed by atoms with Crippen LogP contribution in [-0.2, 0) is 52.7 Å². The Morgan fingerprint density at radius 2 is 0.897 bits per heavy atom. The molecule has 0 aromatic rings. The number of hydrogen-bond donors (Lipinski definition) is 6. The molecule has 1 saturated heterocycles. The van der Waals surface area contributed by atoms with Gasteiger partial charge in [0.25, 0.3) is 0 Å². The van der Waals surface area contributed by atoms with E-state index < -0.39 is 156 Å². The summed E-state index contributed by atoms with van der Waals surface area (Å²) in [7, 11) is 9.78. The number of allylic oxidation sites excluding steroid dienone is 2. The Hall–Kier alpha value is -6.17. The summed E-state index contributed by atoms with van der Waals surface area (Å²) in [5.41, 5.74) is 0. The van der Waals surface area contributed by atoms with E-state index in [4.69, 9.17) is 0 Å². The molecule has 0 spiro atoms. The van der Waals surface area contributed by atoms with Crippen molar-refractivity contribution < 1.29 is 63.0 Å². The first-order chi connectivity index (χ1) is 40.2. The van der Waals surface area contributed by atoms with Crippen LogP contribution >= 0.6 is 0 Å². The van der Waals surface area contributed by atoms with Gasteiger partial charge in [0.1, 0.15) is 60.4 Å². The second-order valence-electron chi connectivity index (χ2n) is 26.6. The molecule has 1 heterocycles. The van der Waals surface area contributed by atoms with Crippen molar-refractivity contribution in [3.8, 4) is 0 Å². The molecule has 0 aromatic carbocycles. The van der Waals surface area contributed by atoms with Crippen molar-refractivity contribution in [3.05, 3.63) is 12.2 Å². The Labute approximate surface area is 520 Å². The predicted molar refractivity (Wildman–Crippen MR) is 334 cm³/mol. The monoisotopic (exact) mass is 1230 g/mol. The van der Waals surface area contributed by atoms with Crippen LogP contribution in [0.15, 0.2) is 12.2 Å². The van der Waals surface area contributed by atoms with Crippen LogP contribution in [0.1, 0.15) is 156 Å². The summed E-state index contributed by atoms with van der Waals surface area (Å²) in [6.45, 7) is 27.1. The van der Waals surface area contributed by atoms with Gasteiger partial charge in [0.2, 0.25) is 65.0 Å². The van der Waals surface area contributed by atoms with Gasteiger partial charge < -0.3 is 65.8 Å². The third-order valence-corrected chi connectivity index (χ3v) is 16.3. The maximum absolute atomic E-state index is 15.2. The van der Waals surface area contributed by atoms with Gasteiger partial charge in [0.05, 0.1) is 12.6 Å². The molecular formula is C63H113N11O13. The Kier molecular flexibility index (Phi) is 32.9. The van der Waals surface area contributed by atoms with Crippen molar-refractivity contribution in [2.45, 2.75) is 222 Å². The van der Waals surface area contributed by atoms with Crippen molar-refractivity contribution in [2.75, 3.05) is 62.5 Å². The first-order valence-corrected chi connectivity index (χ1v) is 31.2. The standard InChI is InChI=1S/C63H113N11O13/c1-24-25-27-41(14)53(77)52-57(81)66-44(28-26-29-75)59(83)68(17)34-49(76)69(18)45(30-35(2)3)56(80)67-50(39(10)11)62(86)70(19)46(31-36(4)5)55(79)64-42(15)54(78)65-43(16)58(82)71(20)47(32-37(6)7)60(84)72(21)48(33-38(8)9)61(85)73(22)51(40(12)13)63(87)74(52)23/h24-25,35-48,50-53,75,77H,26-34H2,1-23H3,(H,64,79)(H,65,78)(H,66,81)(H,67,80)/b25-24+/t41-,42-,43+,44-,45-,46-,47-,48-,50-,51-,52-,53-/m1/s1. The highest BCUT2D eigenvalue weighted by atomic mass is 16.3. The lowest BCUT2D eigenvalue weighted by molar-refractivity contribution is -0.157. The van der Waals surface area contributed by atoms with Crippen LogP contribution in [0.2, 0.25) is 0 Å². The minimum atomic E-state index is -1.67. The van der Waals surface area contributed by atoms with E-state index >= 15 is 9.59 Å². The van der Waals surface area contributed by atoms with Crippen LogP contribution in [0.3, 0.4) is 0 Å². The molecule has 1 aliphatic rings. The highest BCUT2D eigenvalue weighted by Gasteiger charge is 2.46. The Balaban J connectivity index is 4.39. The molecule has 11 amide bonds. The van der Waals surface area contributed by atoms with Crippen molar-refractivity contribution in [3.63, 3.8) is 0 Å². The molecule has 87 heavy (non-hydrogen) atoms. The lowest BCUT2D eigenvalue weighted by atomic mass is 9.91. The lowest BCUT2D eigenvalue weighted by Gasteiger charge is -2.41. The van der Waals surface area contributed by atoms with Gasteiger partial charge in [-0.05, 0) is 107 Å². The highest BCUT2D eigenvalue weighted by Crippen LogP contribution is 2.26. The fourth-order valence-corrected chi connectivity index (χ4v) is 10.9. The van der Waals surface area contributed by atoms with Gasteiger partial charge >= 0.3 is 0 Å². The molecule has 0 radical (unpaired) electrons. The molecule has 6 N–H and O–H groups in total. The molecule has 1 rings (SSSR count). The molecule has 12 atom stereocenters. The normalized spacial score (nSPS) is 26.6. The van der Waals surface area contributed by atoms with E-state index in [1.165, 1.54) is 87.7 Å². The number of aliphatic hydroxyl groups excluding tert-OH is 2. The van der Waals surface area contributed by atoms with E-state index in [1.54, 1.807) is 53.7 Å². The second-order valence-corrected chi connectivity index (χ2v) is 26.6. The Bertz CT molecular complexity index is 2360. The third-order valence-electron chi connectivity index (χ3n) is 16.3. The topological polar surface area (TPSA) is 299 Å². The minimum Gasteiger partial charge on any atom is -0.396 e. The summed E-state index contributed by atoms with van der Waals surface area (Å²) in [6.07, 6.45) is 2.72. The van der Waals surface area contributed by atoms with E-state index in [9.17, 15) is 53.4 Å². The number of nitrogens with one attached hydrogen (secondary N) is 4. The van der Waals surface area contributed by atoms with E-state index in [0.29, 0.717) is 0 Å². The highest BCUT2D eigenvalue weighted by molar-refractivity contribution is 5.99. The van der Waals surface area contributed by atoms with Gasteiger partial charge in [-0.3, -0.25) is 52.7 Å². The molecule has 1 fully saturated rings. The van der Waals surface area contributed by atoms with Crippen molar-refractivity contribution in [2.24, 2.45) is 41.4 Å². The van der Waals surface area contributed by atoms with Gasteiger partial charge in [-0.1, -0.05) is 102 Å². The van der Waals surface area contributed by atoms with E-state index in [0.717, 1.165) is 9.80 Å². The zero-order valence-electron chi connectivity index (χ0n) is 56.9. The van der Waals surface area contributed by atoms with Gasteiger partial charge in [-0.2, -0.15) is 0 Å². The predicted octanol–water partition coefficient (Wildman–Crippen LogP) is 2.63.